The van der Waals surface area contributed by atoms with Crippen LogP contribution < -0.4 is 10.2 Å². The second-order valence-electron chi connectivity index (χ2n) is 8.42. The molecule has 6 heteroatoms. The molecule has 2 saturated heterocycles. The second kappa shape index (κ2) is 8.84. The number of nitrogens with zero attached hydrogens (tertiary/aromatic N) is 4. The first-order valence-corrected chi connectivity index (χ1v) is 11.4. The summed E-state index contributed by atoms with van der Waals surface area (Å²) in [7, 11) is 0. The van der Waals surface area contributed by atoms with Gasteiger partial charge < -0.3 is 20.0 Å². The van der Waals surface area contributed by atoms with Crippen LogP contribution in [0.2, 0.25) is 0 Å². The van der Waals surface area contributed by atoms with Gasteiger partial charge in [-0.15, -0.1) is 0 Å². The molecular formula is C23H33N5S. The minimum absolute atomic E-state index is 0.517. The molecule has 0 bridgehead atoms. The van der Waals surface area contributed by atoms with Crippen LogP contribution >= 0.6 is 12.2 Å². The SMILES string of the molecule is CCN1CCN(c2cc(C)c3cc(NC(=S)N4CCCC[C@H]4C)ccc3n2)CC1. The number of likely N-dealkylation sites (tertiary alicyclic amines) is 1. The lowest BCUT2D eigenvalue weighted by atomic mass is 10.0. The van der Waals surface area contributed by atoms with Gasteiger partial charge in [-0.05, 0) is 81.7 Å². The minimum atomic E-state index is 0.517. The van der Waals surface area contributed by atoms with Gasteiger partial charge in [-0.3, -0.25) is 0 Å². The first kappa shape index (κ1) is 20.4. The fraction of sp³-hybridized carbons (Fsp3) is 0.565. The van der Waals surface area contributed by atoms with Crippen LogP contribution in [0.15, 0.2) is 24.3 Å². The number of piperidine rings is 1. The van der Waals surface area contributed by atoms with E-state index in [2.05, 4.69) is 65.1 Å². The van der Waals surface area contributed by atoms with Crippen molar-refractivity contribution in [3.8, 4) is 0 Å². The molecule has 0 spiro atoms. The van der Waals surface area contributed by atoms with Crippen LogP contribution in [0.4, 0.5) is 11.5 Å². The lowest BCUT2D eigenvalue weighted by molar-refractivity contribution is 0.262. The number of pyridine rings is 1. The lowest BCUT2D eigenvalue weighted by Gasteiger charge is -2.35. The molecule has 0 amide bonds. The number of nitrogens with one attached hydrogen (secondary N) is 1. The third kappa shape index (κ3) is 4.48. The Morgan fingerprint density at radius 1 is 1.14 bits per heavy atom. The van der Waals surface area contributed by atoms with E-state index in [-0.39, 0.29) is 0 Å². The molecule has 0 unspecified atom stereocenters. The van der Waals surface area contributed by atoms with Crippen molar-refractivity contribution >= 4 is 39.7 Å². The van der Waals surface area contributed by atoms with E-state index in [0.717, 1.165) is 61.4 Å². The molecule has 0 saturated carbocycles. The Morgan fingerprint density at radius 3 is 2.66 bits per heavy atom. The number of thiocarbonyl (C=S) groups is 1. The molecule has 1 aromatic heterocycles. The molecule has 1 N–H and O–H groups in total. The third-order valence-electron chi connectivity index (χ3n) is 6.46. The molecule has 29 heavy (non-hydrogen) atoms. The van der Waals surface area contributed by atoms with Gasteiger partial charge in [0.15, 0.2) is 5.11 Å². The van der Waals surface area contributed by atoms with Gasteiger partial charge in [0, 0.05) is 49.8 Å². The van der Waals surface area contributed by atoms with Crippen molar-refractivity contribution in [1.29, 1.82) is 0 Å². The van der Waals surface area contributed by atoms with Crippen LogP contribution in [0.25, 0.3) is 10.9 Å². The molecule has 1 atom stereocenters. The number of piperazine rings is 1. The van der Waals surface area contributed by atoms with Crippen molar-refractivity contribution in [3.05, 3.63) is 29.8 Å². The highest BCUT2D eigenvalue weighted by Gasteiger charge is 2.21. The predicted octanol–water partition coefficient (Wildman–Crippen LogP) is 4.26. The number of fused-ring (bicyclic) bond motifs is 1. The molecule has 3 heterocycles. The standard InChI is InChI=1S/C23H33N5S/c1-4-26-11-13-27(14-12-26)22-15-17(2)20-16-19(8-9-21(20)25-22)24-23(29)28-10-6-5-7-18(28)3/h8-9,15-16,18H,4-7,10-14H2,1-3H3,(H,24,29)/t18-/m1/s1. The maximum atomic E-state index is 5.70. The van der Waals surface area contributed by atoms with Gasteiger partial charge in [0.2, 0.25) is 0 Å². The van der Waals surface area contributed by atoms with E-state index in [9.17, 15) is 0 Å². The first-order valence-electron chi connectivity index (χ1n) is 11.0. The Balaban J connectivity index is 1.51. The average Bonchev–Trinajstić information content (AvgIpc) is 2.74. The van der Waals surface area contributed by atoms with Crippen molar-refractivity contribution in [3.63, 3.8) is 0 Å². The molecule has 156 valence electrons. The second-order valence-corrected chi connectivity index (χ2v) is 8.81. The fourth-order valence-corrected chi connectivity index (χ4v) is 4.89. The van der Waals surface area contributed by atoms with Crippen LogP contribution in [-0.2, 0) is 0 Å². The number of anilines is 2. The quantitative estimate of drug-likeness (QED) is 0.761. The van der Waals surface area contributed by atoms with Crippen molar-refractivity contribution in [2.24, 2.45) is 0 Å². The van der Waals surface area contributed by atoms with Crippen molar-refractivity contribution in [2.45, 2.75) is 46.1 Å². The van der Waals surface area contributed by atoms with Gasteiger partial charge in [0.1, 0.15) is 5.82 Å². The zero-order valence-electron chi connectivity index (χ0n) is 17.9. The highest BCUT2D eigenvalue weighted by atomic mass is 32.1. The molecule has 5 nitrogen and oxygen atoms in total. The lowest BCUT2D eigenvalue weighted by Crippen LogP contribution is -2.46. The Morgan fingerprint density at radius 2 is 1.93 bits per heavy atom. The Bertz CT molecular complexity index is 875. The van der Waals surface area contributed by atoms with E-state index in [0.29, 0.717) is 6.04 Å². The van der Waals surface area contributed by atoms with Crippen molar-refractivity contribution in [1.82, 2.24) is 14.8 Å². The molecule has 2 aromatic rings. The molecule has 4 rings (SSSR count). The zero-order chi connectivity index (χ0) is 20.4. The Hall–Kier alpha value is -1.92. The summed E-state index contributed by atoms with van der Waals surface area (Å²) in [4.78, 5) is 12.2. The molecular weight excluding hydrogens is 378 g/mol. The molecule has 2 fully saturated rings. The summed E-state index contributed by atoms with van der Waals surface area (Å²) in [5, 5.41) is 5.50. The topological polar surface area (TPSA) is 34.6 Å². The third-order valence-corrected chi connectivity index (χ3v) is 6.80. The number of likely N-dealkylation sites (N-methyl/N-ethyl adjacent to an activating group) is 1. The maximum absolute atomic E-state index is 5.70. The van der Waals surface area contributed by atoms with Gasteiger partial charge in [-0.25, -0.2) is 4.98 Å². The predicted molar refractivity (Wildman–Crippen MR) is 127 cm³/mol. The normalized spacial score (nSPS) is 20.9. The molecule has 0 aliphatic carbocycles. The highest BCUT2D eigenvalue weighted by Crippen LogP contribution is 2.26. The highest BCUT2D eigenvalue weighted by molar-refractivity contribution is 7.80. The molecule has 2 aliphatic rings. The average molecular weight is 412 g/mol. The summed E-state index contributed by atoms with van der Waals surface area (Å²) in [6.45, 7) is 13.2. The maximum Gasteiger partial charge on any atom is 0.173 e. The zero-order valence-corrected chi connectivity index (χ0v) is 18.8. The van der Waals surface area contributed by atoms with E-state index >= 15 is 0 Å². The number of hydrogen-bond donors (Lipinski definition) is 1. The number of aromatic nitrogens is 1. The van der Waals surface area contributed by atoms with Gasteiger partial charge in [0.05, 0.1) is 5.52 Å². The summed E-state index contributed by atoms with van der Waals surface area (Å²) in [5.41, 5.74) is 3.37. The monoisotopic (exact) mass is 411 g/mol. The summed E-state index contributed by atoms with van der Waals surface area (Å²) in [5.74, 6) is 1.10. The number of hydrogen-bond acceptors (Lipinski definition) is 4. The van der Waals surface area contributed by atoms with Crippen LogP contribution in [0.3, 0.4) is 0 Å². The van der Waals surface area contributed by atoms with Gasteiger partial charge in [-0.1, -0.05) is 6.92 Å². The van der Waals surface area contributed by atoms with E-state index in [4.69, 9.17) is 17.2 Å². The van der Waals surface area contributed by atoms with E-state index < -0.39 is 0 Å². The van der Waals surface area contributed by atoms with E-state index in [1.807, 2.05) is 0 Å². The van der Waals surface area contributed by atoms with Crippen molar-refractivity contribution < 1.29 is 0 Å². The molecule has 0 radical (unpaired) electrons. The smallest absolute Gasteiger partial charge is 0.173 e. The first-order chi connectivity index (χ1) is 14.0. The van der Waals surface area contributed by atoms with E-state index in [1.165, 1.54) is 30.2 Å². The summed E-state index contributed by atoms with van der Waals surface area (Å²) < 4.78 is 0. The van der Waals surface area contributed by atoms with Crippen LogP contribution in [0.5, 0.6) is 0 Å². The summed E-state index contributed by atoms with van der Waals surface area (Å²) >= 11 is 5.70. The van der Waals surface area contributed by atoms with Gasteiger partial charge in [-0.2, -0.15) is 0 Å². The number of benzene rings is 1. The Labute approximate surface area is 180 Å². The van der Waals surface area contributed by atoms with Crippen LogP contribution in [0, 0.1) is 6.92 Å². The van der Waals surface area contributed by atoms with E-state index in [1.54, 1.807) is 0 Å². The summed E-state index contributed by atoms with van der Waals surface area (Å²) in [6, 6.07) is 9.17. The van der Waals surface area contributed by atoms with Crippen LogP contribution in [-0.4, -0.2) is 65.2 Å². The minimum Gasteiger partial charge on any atom is -0.354 e. The number of aryl methyl sites for hydroxylation is 1. The molecule has 1 aromatic carbocycles. The largest absolute Gasteiger partial charge is 0.354 e. The van der Waals surface area contributed by atoms with Crippen LogP contribution in [0.1, 0.15) is 38.7 Å². The molecule has 2 aliphatic heterocycles. The van der Waals surface area contributed by atoms with Crippen molar-refractivity contribution in [2.75, 3.05) is 49.5 Å². The Kier molecular flexibility index (Phi) is 6.20. The van der Waals surface area contributed by atoms with Gasteiger partial charge in [0.25, 0.3) is 0 Å². The number of rotatable bonds is 3. The summed E-state index contributed by atoms with van der Waals surface area (Å²) in [6.07, 6.45) is 3.75. The fourth-order valence-electron chi connectivity index (χ4n) is 4.50. The van der Waals surface area contributed by atoms with Gasteiger partial charge >= 0.3 is 0 Å².